The molecule has 0 saturated carbocycles. The summed E-state index contributed by atoms with van der Waals surface area (Å²) in [6.07, 6.45) is 2.34. The van der Waals surface area contributed by atoms with Crippen LogP contribution in [0.15, 0.2) is 29.0 Å². The molecule has 1 aromatic heterocycles. The van der Waals surface area contributed by atoms with Gasteiger partial charge in [0.15, 0.2) is 18.0 Å². The lowest BCUT2D eigenvalue weighted by Gasteiger charge is -2.04. The Morgan fingerprint density at radius 3 is 3.06 bits per heavy atom. The fourth-order valence-corrected chi connectivity index (χ4v) is 1.85. The van der Waals surface area contributed by atoms with Gasteiger partial charge in [0.1, 0.15) is 5.69 Å². The number of benzene rings is 1. The first-order valence-corrected chi connectivity index (χ1v) is 6.19. The summed E-state index contributed by atoms with van der Waals surface area (Å²) in [6, 6.07) is 4.82. The van der Waals surface area contributed by atoms with Crippen LogP contribution in [-0.2, 0) is 6.54 Å². The summed E-state index contributed by atoms with van der Waals surface area (Å²) >= 11 is 5.76. The van der Waals surface area contributed by atoms with E-state index in [-0.39, 0.29) is 5.02 Å². The highest BCUT2D eigenvalue weighted by molar-refractivity contribution is 6.31. The lowest BCUT2D eigenvalue weighted by atomic mass is 10.1. The highest BCUT2D eigenvalue weighted by atomic mass is 35.5. The topological polar surface area (TPSA) is 38.1 Å². The largest absolute Gasteiger partial charge is 0.443 e. The predicted octanol–water partition coefficient (Wildman–Crippen LogP) is 3.63. The Labute approximate surface area is 110 Å². The van der Waals surface area contributed by atoms with Gasteiger partial charge in [-0.1, -0.05) is 24.6 Å². The average molecular weight is 269 g/mol. The molecular weight excluding hydrogens is 255 g/mol. The van der Waals surface area contributed by atoms with Crippen LogP contribution in [0.4, 0.5) is 4.39 Å². The smallest absolute Gasteiger partial charge is 0.181 e. The number of halogens is 2. The number of rotatable bonds is 5. The van der Waals surface area contributed by atoms with Crippen LogP contribution in [0, 0.1) is 5.82 Å². The van der Waals surface area contributed by atoms with Crippen LogP contribution in [0.1, 0.15) is 19.0 Å². The monoisotopic (exact) mass is 268 g/mol. The van der Waals surface area contributed by atoms with E-state index in [9.17, 15) is 4.39 Å². The molecule has 0 fully saturated rings. The van der Waals surface area contributed by atoms with Crippen LogP contribution >= 0.6 is 11.6 Å². The molecule has 2 aromatic rings. The Balaban J connectivity index is 2.28. The number of hydrogen-bond donors (Lipinski definition) is 1. The molecule has 96 valence electrons. The second-order valence-electron chi connectivity index (χ2n) is 3.91. The Hall–Kier alpha value is -1.39. The van der Waals surface area contributed by atoms with Gasteiger partial charge in [-0.15, -0.1) is 0 Å². The van der Waals surface area contributed by atoms with Crippen LogP contribution in [0.5, 0.6) is 0 Å². The fraction of sp³-hybridized carbons (Fsp3) is 0.308. The van der Waals surface area contributed by atoms with Gasteiger partial charge in [-0.25, -0.2) is 9.37 Å². The van der Waals surface area contributed by atoms with E-state index in [1.54, 1.807) is 12.1 Å². The Morgan fingerprint density at radius 1 is 1.44 bits per heavy atom. The molecule has 1 heterocycles. The third kappa shape index (κ3) is 2.71. The minimum absolute atomic E-state index is 0.0800. The van der Waals surface area contributed by atoms with Crippen molar-refractivity contribution in [3.8, 4) is 11.3 Å². The van der Waals surface area contributed by atoms with Crippen LogP contribution in [-0.4, -0.2) is 11.5 Å². The molecule has 0 aliphatic carbocycles. The lowest BCUT2D eigenvalue weighted by molar-refractivity contribution is 0.559. The zero-order valence-corrected chi connectivity index (χ0v) is 10.8. The van der Waals surface area contributed by atoms with E-state index in [1.165, 1.54) is 12.5 Å². The first-order valence-electron chi connectivity index (χ1n) is 5.81. The van der Waals surface area contributed by atoms with Gasteiger partial charge in [0.25, 0.3) is 0 Å². The van der Waals surface area contributed by atoms with Gasteiger partial charge in [-0.2, -0.15) is 0 Å². The molecule has 0 aliphatic rings. The van der Waals surface area contributed by atoms with E-state index in [0.29, 0.717) is 23.6 Å². The molecule has 0 aliphatic heterocycles. The zero-order chi connectivity index (χ0) is 13.0. The highest BCUT2D eigenvalue weighted by Gasteiger charge is 2.16. The molecule has 0 amide bonds. The van der Waals surface area contributed by atoms with E-state index in [2.05, 4.69) is 17.2 Å². The van der Waals surface area contributed by atoms with Gasteiger partial charge in [0.05, 0.1) is 10.6 Å². The number of nitrogens with zero attached hydrogens (tertiary/aromatic N) is 1. The maximum Gasteiger partial charge on any atom is 0.181 e. The van der Waals surface area contributed by atoms with Crippen molar-refractivity contribution < 1.29 is 8.81 Å². The second kappa shape index (κ2) is 5.98. The van der Waals surface area contributed by atoms with Crippen molar-refractivity contribution in [1.82, 2.24) is 10.3 Å². The SMILES string of the molecule is CCCNCc1ncoc1-c1cccc(Cl)c1F. The summed E-state index contributed by atoms with van der Waals surface area (Å²) in [5.41, 5.74) is 1.03. The molecule has 0 atom stereocenters. The van der Waals surface area contributed by atoms with Crippen molar-refractivity contribution in [2.45, 2.75) is 19.9 Å². The van der Waals surface area contributed by atoms with E-state index in [0.717, 1.165) is 13.0 Å². The van der Waals surface area contributed by atoms with Crippen molar-refractivity contribution >= 4 is 11.6 Å². The molecule has 5 heteroatoms. The molecule has 1 N–H and O–H groups in total. The molecular formula is C13H14ClFN2O. The molecule has 0 spiro atoms. The van der Waals surface area contributed by atoms with E-state index in [4.69, 9.17) is 16.0 Å². The quantitative estimate of drug-likeness (QED) is 0.842. The Kier molecular flexibility index (Phi) is 4.33. The van der Waals surface area contributed by atoms with Gasteiger partial charge < -0.3 is 9.73 Å². The molecule has 0 unspecified atom stereocenters. The van der Waals surface area contributed by atoms with E-state index in [1.807, 2.05) is 0 Å². The Morgan fingerprint density at radius 2 is 2.28 bits per heavy atom. The van der Waals surface area contributed by atoms with Crippen LogP contribution in [0.3, 0.4) is 0 Å². The van der Waals surface area contributed by atoms with Gasteiger partial charge in [0, 0.05) is 6.54 Å². The van der Waals surface area contributed by atoms with Crippen LogP contribution in [0.2, 0.25) is 5.02 Å². The van der Waals surface area contributed by atoms with Crippen LogP contribution in [0.25, 0.3) is 11.3 Å². The average Bonchev–Trinajstić information content (AvgIpc) is 2.81. The molecule has 0 saturated heterocycles. The minimum atomic E-state index is -0.479. The third-order valence-electron chi connectivity index (χ3n) is 2.56. The van der Waals surface area contributed by atoms with Crippen molar-refractivity contribution in [3.63, 3.8) is 0 Å². The van der Waals surface area contributed by atoms with Crippen molar-refractivity contribution in [2.24, 2.45) is 0 Å². The molecule has 0 bridgehead atoms. The molecule has 3 nitrogen and oxygen atoms in total. The molecule has 1 aromatic carbocycles. The first-order chi connectivity index (χ1) is 8.74. The maximum atomic E-state index is 13.9. The van der Waals surface area contributed by atoms with Gasteiger partial charge >= 0.3 is 0 Å². The number of nitrogens with one attached hydrogen (secondary N) is 1. The first kappa shape index (κ1) is 13.1. The molecule has 18 heavy (non-hydrogen) atoms. The summed E-state index contributed by atoms with van der Waals surface area (Å²) in [6.45, 7) is 3.50. The summed E-state index contributed by atoms with van der Waals surface area (Å²) in [5, 5.41) is 3.28. The fourth-order valence-electron chi connectivity index (χ4n) is 1.68. The number of aromatic nitrogens is 1. The van der Waals surface area contributed by atoms with E-state index >= 15 is 0 Å². The highest BCUT2D eigenvalue weighted by Crippen LogP contribution is 2.29. The maximum absolute atomic E-state index is 13.9. The summed E-state index contributed by atoms with van der Waals surface area (Å²) < 4.78 is 19.2. The third-order valence-corrected chi connectivity index (χ3v) is 2.85. The number of hydrogen-bond acceptors (Lipinski definition) is 3. The number of oxazole rings is 1. The molecule has 2 rings (SSSR count). The summed E-state index contributed by atoms with van der Waals surface area (Å²) in [4.78, 5) is 4.10. The van der Waals surface area contributed by atoms with Gasteiger partial charge in [0.2, 0.25) is 0 Å². The van der Waals surface area contributed by atoms with Crippen molar-refractivity contribution in [2.75, 3.05) is 6.54 Å². The van der Waals surface area contributed by atoms with Crippen molar-refractivity contribution in [3.05, 3.63) is 41.1 Å². The molecule has 0 radical (unpaired) electrons. The summed E-state index contributed by atoms with van der Waals surface area (Å²) in [5.74, 6) is -0.0498. The van der Waals surface area contributed by atoms with Crippen molar-refractivity contribution in [1.29, 1.82) is 0 Å². The minimum Gasteiger partial charge on any atom is -0.443 e. The standard InChI is InChI=1S/C13H14ClFN2O/c1-2-6-16-7-11-13(18-8-17-11)9-4-3-5-10(14)12(9)15/h3-5,8,16H,2,6-7H2,1H3. The van der Waals surface area contributed by atoms with Crippen LogP contribution < -0.4 is 5.32 Å². The predicted molar refractivity (Wildman–Crippen MR) is 68.9 cm³/mol. The van der Waals surface area contributed by atoms with E-state index < -0.39 is 5.82 Å². The Bertz CT molecular complexity index is 527. The summed E-state index contributed by atoms with van der Waals surface area (Å²) in [7, 11) is 0. The lowest BCUT2D eigenvalue weighted by Crippen LogP contribution is -2.14. The normalized spacial score (nSPS) is 10.8. The van der Waals surface area contributed by atoms with Gasteiger partial charge in [-0.3, -0.25) is 0 Å². The zero-order valence-electron chi connectivity index (χ0n) is 10.0. The van der Waals surface area contributed by atoms with Gasteiger partial charge in [-0.05, 0) is 25.1 Å². The second-order valence-corrected chi connectivity index (χ2v) is 4.31.